The summed E-state index contributed by atoms with van der Waals surface area (Å²) in [6.07, 6.45) is 8.60. The van der Waals surface area contributed by atoms with Crippen LogP contribution in [0.15, 0.2) is 18.2 Å². The summed E-state index contributed by atoms with van der Waals surface area (Å²) in [5, 5.41) is 22.1. The number of carbonyl (C=O) groups is 1. The maximum absolute atomic E-state index is 12.7. The molecule has 2 aliphatic rings. The molecule has 0 heterocycles. The first-order valence-electron chi connectivity index (χ1n) is 10.9. The Bertz CT molecular complexity index is 771. The van der Waals surface area contributed by atoms with Crippen molar-refractivity contribution in [3.05, 3.63) is 44.0 Å². The van der Waals surface area contributed by atoms with Crippen LogP contribution in [0, 0.1) is 43.9 Å². The molecule has 3 rings (SSSR count). The molecule has 3 atom stereocenters. The Morgan fingerprint density at radius 1 is 1.03 bits per heavy atom. The Balaban J connectivity index is 1.65. The van der Waals surface area contributed by atoms with Gasteiger partial charge in [-0.05, 0) is 62.2 Å². The first-order chi connectivity index (χ1) is 14.2. The van der Waals surface area contributed by atoms with Crippen LogP contribution in [0.3, 0.4) is 0 Å². The zero-order valence-electron chi connectivity index (χ0n) is 17.6. The Labute approximate surface area is 176 Å². The van der Waals surface area contributed by atoms with E-state index in [-0.39, 0.29) is 17.6 Å². The molecule has 0 aromatic heterocycles. The lowest BCUT2D eigenvalue weighted by molar-refractivity contribution is -0.394. The van der Waals surface area contributed by atoms with Crippen molar-refractivity contribution in [3.8, 4) is 0 Å². The number of ether oxygens (including phenoxy) is 1. The predicted octanol–water partition coefficient (Wildman–Crippen LogP) is 5.68. The fourth-order valence-electron chi connectivity index (χ4n) is 5.08. The van der Waals surface area contributed by atoms with Crippen LogP contribution >= 0.6 is 0 Å². The molecule has 1 aromatic rings. The molecule has 30 heavy (non-hydrogen) atoms. The summed E-state index contributed by atoms with van der Waals surface area (Å²) in [7, 11) is 0. The third kappa shape index (κ3) is 5.34. The van der Waals surface area contributed by atoms with E-state index in [2.05, 4.69) is 13.8 Å². The lowest BCUT2D eigenvalue weighted by Gasteiger charge is -2.33. The van der Waals surface area contributed by atoms with Gasteiger partial charge < -0.3 is 4.74 Å². The van der Waals surface area contributed by atoms with Crippen LogP contribution in [0.5, 0.6) is 0 Å². The summed E-state index contributed by atoms with van der Waals surface area (Å²) in [5.41, 5.74) is -1.12. The average molecular weight is 418 g/mol. The van der Waals surface area contributed by atoms with Crippen LogP contribution in [0.25, 0.3) is 0 Å². The zero-order valence-corrected chi connectivity index (χ0v) is 17.6. The van der Waals surface area contributed by atoms with Crippen molar-refractivity contribution in [3.63, 3.8) is 0 Å². The highest BCUT2D eigenvalue weighted by Gasteiger charge is 2.34. The number of carbonyl (C=O) groups excluding carboxylic acids is 1. The smallest absolute Gasteiger partial charge is 0.338 e. The van der Waals surface area contributed by atoms with Gasteiger partial charge in [0.1, 0.15) is 6.10 Å². The Hall–Kier alpha value is -2.51. The first kappa shape index (κ1) is 22.2. The van der Waals surface area contributed by atoms with Gasteiger partial charge in [-0.15, -0.1) is 0 Å². The number of esters is 1. The van der Waals surface area contributed by atoms with E-state index in [4.69, 9.17) is 4.74 Å². The number of non-ortho nitro benzene ring substituents is 2. The van der Waals surface area contributed by atoms with Crippen LogP contribution in [0.2, 0.25) is 0 Å². The van der Waals surface area contributed by atoms with E-state index in [1.54, 1.807) is 0 Å². The van der Waals surface area contributed by atoms with Crippen molar-refractivity contribution in [1.29, 1.82) is 0 Å². The summed E-state index contributed by atoms with van der Waals surface area (Å²) in [5.74, 6) is 1.65. The lowest BCUT2D eigenvalue weighted by atomic mass is 9.74. The number of nitro groups is 2. The number of nitro benzene ring substituents is 2. The summed E-state index contributed by atoms with van der Waals surface area (Å²) in [4.78, 5) is 33.3. The predicted molar refractivity (Wildman–Crippen MR) is 111 cm³/mol. The molecule has 0 aliphatic heterocycles. The second kappa shape index (κ2) is 9.53. The van der Waals surface area contributed by atoms with Gasteiger partial charge in [-0.2, -0.15) is 0 Å². The molecule has 0 saturated heterocycles. The van der Waals surface area contributed by atoms with Crippen LogP contribution in [0.1, 0.15) is 75.6 Å². The number of rotatable bonds is 7. The third-order valence-electron chi connectivity index (χ3n) is 6.95. The monoisotopic (exact) mass is 418 g/mol. The quantitative estimate of drug-likeness (QED) is 0.320. The number of nitrogens with zero attached hydrogens (tertiary/aromatic N) is 2. The van der Waals surface area contributed by atoms with E-state index < -0.39 is 27.2 Å². The number of hydrogen-bond donors (Lipinski definition) is 0. The lowest BCUT2D eigenvalue weighted by Crippen LogP contribution is -2.27. The highest BCUT2D eigenvalue weighted by molar-refractivity contribution is 5.91. The van der Waals surface area contributed by atoms with Crippen molar-refractivity contribution in [2.24, 2.45) is 23.7 Å². The Kier molecular flexibility index (Phi) is 7.05. The van der Waals surface area contributed by atoms with Crippen molar-refractivity contribution in [2.45, 2.75) is 71.3 Å². The van der Waals surface area contributed by atoms with E-state index in [1.165, 1.54) is 25.7 Å². The Morgan fingerprint density at radius 3 is 2.20 bits per heavy atom. The standard InChI is InChI=1S/C22H30N2O6/c1-14-6-8-16(9-7-14)15(2)10-17-4-3-5-21(17)30-22(25)18-11-19(23(26)27)13-20(12-18)24(28)29/h11-17,21H,3-10H2,1-2H3/t14?,15-,16?,17+,21+/m1/s1. The largest absolute Gasteiger partial charge is 0.458 e. The van der Waals surface area contributed by atoms with Gasteiger partial charge in [-0.3, -0.25) is 20.2 Å². The van der Waals surface area contributed by atoms with Gasteiger partial charge in [0.2, 0.25) is 0 Å². The van der Waals surface area contributed by atoms with Gasteiger partial charge in [-0.25, -0.2) is 4.79 Å². The fraction of sp³-hybridized carbons (Fsp3) is 0.682. The molecule has 1 aromatic carbocycles. The summed E-state index contributed by atoms with van der Waals surface area (Å²) >= 11 is 0. The molecule has 0 radical (unpaired) electrons. The molecule has 2 aliphatic carbocycles. The fourth-order valence-corrected chi connectivity index (χ4v) is 5.08. The van der Waals surface area contributed by atoms with Crippen molar-refractivity contribution < 1.29 is 19.4 Å². The molecule has 164 valence electrons. The maximum atomic E-state index is 12.7. The van der Waals surface area contributed by atoms with Gasteiger partial charge in [0, 0.05) is 12.1 Å². The van der Waals surface area contributed by atoms with Crippen molar-refractivity contribution >= 4 is 17.3 Å². The summed E-state index contributed by atoms with van der Waals surface area (Å²) in [6.45, 7) is 4.60. The van der Waals surface area contributed by atoms with Gasteiger partial charge in [-0.1, -0.05) is 26.7 Å². The number of benzene rings is 1. The van der Waals surface area contributed by atoms with E-state index in [0.29, 0.717) is 5.92 Å². The van der Waals surface area contributed by atoms with Crippen molar-refractivity contribution in [2.75, 3.05) is 0 Å². The minimum absolute atomic E-state index is 0.143. The summed E-state index contributed by atoms with van der Waals surface area (Å²) in [6, 6.07) is 2.94. The highest BCUT2D eigenvalue weighted by atomic mass is 16.6. The number of hydrogen-bond acceptors (Lipinski definition) is 6. The second-order valence-electron chi connectivity index (χ2n) is 9.12. The molecule has 0 bridgehead atoms. The SMILES string of the molecule is CC1CCC([C@H](C)C[C@@H]2CCC[C@@H]2OC(=O)c2cc([N+](=O)[O-])cc([N+](=O)[O-])c2)CC1. The third-order valence-corrected chi connectivity index (χ3v) is 6.95. The van der Waals surface area contributed by atoms with Crippen LogP contribution in [0.4, 0.5) is 11.4 Å². The zero-order chi connectivity index (χ0) is 21.8. The van der Waals surface area contributed by atoms with Gasteiger partial charge in [0.05, 0.1) is 21.5 Å². The van der Waals surface area contributed by atoms with Crippen LogP contribution in [-0.2, 0) is 4.74 Å². The second-order valence-corrected chi connectivity index (χ2v) is 9.12. The normalized spacial score (nSPS) is 27.4. The topological polar surface area (TPSA) is 113 Å². The molecule has 0 spiro atoms. The van der Waals surface area contributed by atoms with E-state index in [0.717, 1.165) is 55.7 Å². The van der Waals surface area contributed by atoms with E-state index in [1.807, 2.05) is 0 Å². The van der Waals surface area contributed by atoms with E-state index >= 15 is 0 Å². The molecule has 0 N–H and O–H groups in total. The average Bonchev–Trinajstić information content (AvgIpc) is 3.14. The molecular weight excluding hydrogens is 388 g/mol. The Morgan fingerprint density at radius 2 is 1.63 bits per heavy atom. The highest BCUT2D eigenvalue weighted by Crippen LogP contribution is 2.40. The van der Waals surface area contributed by atoms with Gasteiger partial charge >= 0.3 is 5.97 Å². The van der Waals surface area contributed by atoms with Crippen LogP contribution in [-0.4, -0.2) is 21.9 Å². The molecule has 8 nitrogen and oxygen atoms in total. The molecule has 2 saturated carbocycles. The van der Waals surface area contributed by atoms with Gasteiger partial charge in [0.25, 0.3) is 11.4 Å². The van der Waals surface area contributed by atoms with E-state index in [9.17, 15) is 25.0 Å². The summed E-state index contributed by atoms with van der Waals surface area (Å²) < 4.78 is 5.70. The minimum Gasteiger partial charge on any atom is -0.458 e. The molecule has 0 amide bonds. The van der Waals surface area contributed by atoms with Crippen LogP contribution < -0.4 is 0 Å². The van der Waals surface area contributed by atoms with Gasteiger partial charge in [0.15, 0.2) is 0 Å². The molecule has 0 unspecified atom stereocenters. The first-order valence-corrected chi connectivity index (χ1v) is 10.9. The maximum Gasteiger partial charge on any atom is 0.338 e. The molecular formula is C22H30N2O6. The molecule has 8 heteroatoms. The molecule has 2 fully saturated rings. The minimum atomic E-state index is -0.741. The van der Waals surface area contributed by atoms with Crippen molar-refractivity contribution in [1.82, 2.24) is 0 Å².